The van der Waals surface area contributed by atoms with Gasteiger partial charge in [0.05, 0.1) is 0 Å². The van der Waals surface area contributed by atoms with Gasteiger partial charge in [-0.1, -0.05) is 24.6 Å². The van der Waals surface area contributed by atoms with Crippen LogP contribution >= 0.6 is 0 Å². The molecule has 0 aromatic heterocycles. The third kappa shape index (κ3) is 4.07. The van der Waals surface area contributed by atoms with Crippen LogP contribution in [0.25, 0.3) is 0 Å². The predicted octanol–water partition coefficient (Wildman–Crippen LogP) is 4.24. The van der Waals surface area contributed by atoms with Crippen molar-refractivity contribution in [1.29, 1.82) is 0 Å². The van der Waals surface area contributed by atoms with Crippen molar-refractivity contribution >= 4 is 11.6 Å². The van der Waals surface area contributed by atoms with Gasteiger partial charge >= 0.3 is 0 Å². The van der Waals surface area contributed by atoms with Gasteiger partial charge in [-0.3, -0.25) is 4.79 Å². The second-order valence-electron chi connectivity index (χ2n) is 5.28. The molecule has 1 atom stereocenters. The van der Waals surface area contributed by atoms with Crippen molar-refractivity contribution in [3.63, 3.8) is 0 Å². The van der Waals surface area contributed by atoms with E-state index < -0.39 is 6.10 Å². The van der Waals surface area contributed by atoms with E-state index in [-0.39, 0.29) is 11.7 Å². The minimum Gasteiger partial charge on any atom is -0.481 e. The number of carbonyl (C=O) groups excluding carboxylic acids is 1. The maximum atomic E-state index is 12.9. The monoisotopic (exact) mass is 301 g/mol. The second-order valence-corrected chi connectivity index (χ2v) is 5.28. The molecule has 3 nitrogen and oxygen atoms in total. The molecule has 0 bridgehead atoms. The fourth-order valence-electron chi connectivity index (χ4n) is 2.17. The van der Waals surface area contributed by atoms with Gasteiger partial charge in [-0.2, -0.15) is 0 Å². The number of hydrogen-bond donors (Lipinski definition) is 1. The molecule has 0 heterocycles. The van der Waals surface area contributed by atoms with Crippen LogP contribution in [0.5, 0.6) is 5.75 Å². The first-order valence-corrected chi connectivity index (χ1v) is 7.30. The fraction of sp³-hybridized carbons (Fsp3) is 0.278. The molecule has 0 spiro atoms. The van der Waals surface area contributed by atoms with E-state index in [0.29, 0.717) is 12.2 Å². The van der Waals surface area contributed by atoms with Crippen LogP contribution in [0, 0.1) is 19.7 Å². The number of ether oxygens (including phenoxy) is 1. The molecule has 1 amide bonds. The van der Waals surface area contributed by atoms with Crippen LogP contribution < -0.4 is 10.1 Å². The van der Waals surface area contributed by atoms with E-state index in [1.54, 1.807) is 0 Å². The smallest absolute Gasteiger partial charge is 0.265 e. The predicted molar refractivity (Wildman–Crippen MR) is 85.7 cm³/mol. The van der Waals surface area contributed by atoms with Crippen molar-refractivity contribution in [1.82, 2.24) is 0 Å². The molecule has 0 fully saturated rings. The van der Waals surface area contributed by atoms with Gasteiger partial charge in [0.1, 0.15) is 11.6 Å². The molecule has 0 aliphatic rings. The number of benzene rings is 2. The highest BCUT2D eigenvalue weighted by molar-refractivity contribution is 5.95. The van der Waals surface area contributed by atoms with Gasteiger partial charge in [-0.15, -0.1) is 0 Å². The van der Waals surface area contributed by atoms with E-state index >= 15 is 0 Å². The molecule has 4 heteroatoms. The molecular weight excluding hydrogens is 281 g/mol. The zero-order chi connectivity index (χ0) is 16.1. The maximum absolute atomic E-state index is 12.9. The third-order valence-electron chi connectivity index (χ3n) is 3.39. The lowest BCUT2D eigenvalue weighted by Crippen LogP contribution is -2.32. The topological polar surface area (TPSA) is 38.3 Å². The van der Waals surface area contributed by atoms with Gasteiger partial charge in [0, 0.05) is 5.69 Å². The Kier molecular flexibility index (Phi) is 5.15. The zero-order valence-electron chi connectivity index (χ0n) is 13.0. The van der Waals surface area contributed by atoms with Crippen LogP contribution in [0.15, 0.2) is 42.5 Å². The first kappa shape index (κ1) is 16.0. The number of nitrogens with one attached hydrogen (secondary N) is 1. The molecular formula is C18H20FNO2. The Labute approximate surface area is 130 Å². The van der Waals surface area contributed by atoms with E-state index in [2.05, 4.69) is 5.32 Å². The first-order valence-electron chi connectivity index (χ1n) is 7.30. The SMILES string of the molecule is CC[C@H](Oc1ccc(F)cc1)C(=O)Nc1ccc(C)cc1C. The van der Waals surface area contributed by atoms with Crippen molar-refractivity contribution in [2.75, 3.05) is 5.32 Å². The quantitative estimate of drug-likeness (QED) is 0.897. The largest absolute Gasteiger partial charge is 0.481 e. The van der Waals surface area contributed by atoms with Gasteiger partial charge in [0.15, 0.2) is 6.10 Å². The normalized spacial score (nSPS) is 11.8. The summed E-state index contributed by atoms with van der Waals surface area (Å²) in [7, 11) is 0. The molecule has 0 saturated heterocycles. The Morgan fingerprint density at radius 2 is 1.86 bits per heavy atom. The molecule has 116 valence electrons. The highest BCUT2D eigenvalue weighted by atomic mass is 19.1. The van der Waals surface area contributed by atoms with Crippen LogP contribution in [-0.2, 0) is 4.79 Å². The lowest BCUT2D eigenvalue weighted by Gasteiger charge is -2.18. The van der Waals surface area contributed by atoms with Crippen LogP contribution in [0.1, 0.15) is 24.5 Å². The molecule has 2 aromatic carbocycles. The molecule has 0 saturated carbocycles. The van der Waals surface area contributed by atoms with Crippen molar-refractivity contribution in [3.8, 4) is 5.75 Å². The van der Waals surface area contributed by atoms with Gasteiger partial charge in [0.2, 0.25) is 0 Å². The standard InChI is InChI=1S/C18H20FNO2/c1-4-17(22-15-8-6-14(19)7-9-15)18(21)20-16-10-5-12(2)11-13(16)3/h5-11,17H,4H2,1-3H3,(H,20,21)/t17-/m0/s1. The molecule has 22 heavy (non-hydrogen) atoms. The summed E-state index contributed by atoms with van der Waals surface area (Å²) in [6.07, 6.45) is -0.0973. The Morgan fingerprint density at radius 1 is 1.18 bits per heavy atom. The summed E-state index contributed by atoms with van der Waals surface area (Å²) in [5.74, 6) is -0.0667. The first-order chi connectivity index (χ1) is 10.5. The summed E-state index contributed by atoms with van der Waals surface area (Å²) in [5, 5.41) is 2.88. The number of rotatable bonds is 5. The number of amides is 1. The molecule has 0 unspecified atom stereocenters. The third-order valence-corrected chi connectivity index (χ3v) is 3.39. The zero-order valence-corrected chi connectivity index (χ0v) is 13.0. The van der Waals surface area contributed by atoms with Crippen molar-refractivity contribution in [2.24, 2.45) is 0 Å². The molecule has 0 aliphatic heterocycles. The minimum absolute atomic E-state index is 0.209. The number of halogens is 1. The average Bonchev–Trinajstić information content (AvgIpc) is 2.49. The van der Waals surface area contributed by atoms with Gasteiger partial charge in [-0.05, 0) is 56.2 Å². The van der Waals surface area contributed by atoms with Crippen LogP contribution in [0.3, 0.4) is 0 Å². The highest BCUT2D eigenvalue weighted by Crippen LogP contribution is 2.19. The van der Waals surface area contributed by atoms with E-state index in [9.17, 15) is 9.18 Å². The van der Waals surface area contributed by atoms with Gasteiger partial charge < -0.3 is 10.1 Å². The summed E-state index contributed by atoms with van der Waals surface area (Å²) in [5.41, 5.74) is 2.92. The minimum atomic E-state index is -0.619. The molecule has 1 N–H and O–H groups in total. The summed E-state index contributed by atoms with van der Waals surface area (Å²) < 4.78 is 18.5. The molecule has 2 aromatic rings. The number of carbonyl (C=O) groups is 1. The van der Waals surface area contributed by atoms with Crippen LogP contribution in [-0.4, -0.2) is 12.0 Å². The van der Waals surface area contributed by atoms with Crippen molar-refractivity contribution in [3.05, 3.63) is 59.4 Å². The van der Waals surface area contributed by atoms with E-state index in [1.165, 1.54) is 24.3 Å². The Balaban J connectivity index is 2.06. The summed E-state index contributed by atoms with van der Waals surface area (Å²) in [6, 6.07) is 11.5. The molecule has 0 aliphatic carbocycles. The Bertz CT molecular complexity index is 653. The average molecular weight is 301 g/mol. The van der Waals surface area contributed by atoms with Crippen molar-refractivity contribution < 1.29 is 13.9 Å². The summed E-state index contributed by atoms with van der Waals surface area (Å²) in [4.78, 5) is 12.3. The molecule has 0 radical (unpaired) electrons. The molecule has 2 rings (SSSR count). The van der Waals surface area contributed by atoms with E-state index in [1.807, 2.05) is 39.0 Å². The lowest BCUT2D eigenvalue weighted by atomic mass is 10.1. The fourth-order valence-corrected chi connectivity index (χ4v) is 2.17. The number of aryl methyl sites for hydroxylation is 2. The van der Waals surface area contributed by atoms with Crippen molar-refractivity contribution in [2.45, 2.75) is 33.3 Å². The van der Waals surface area contributed by atoms with E-state index in [4.69, 9.17) is 4.74 Å². The summed E-state index contributed by atoms with van der Waals surface area (Å²) >= 11 is 0. The summed E-state index contributed by atoms with van der Waals surface area (Å²) in [6.45, 7) is 5.82. The van der Waals surface area contributed by atoms with Gasteiger partial charge in [0.25, 0.3) is 5.91 Å². The number of hydrogen-bond acceptors (Lipinski definition) is 2. The Morgan fingerprint density at radius 3 is 2.45 bits per heavy atom. The van der Waals surface area contributed by atoms with Gasteiger partial charge in [-0.25, -0.2) is 4.39 Å². The second kappa shape index (κ2) is 7.07. The highest BCUT2D eigenvalue weighted by Gasteiger charge is 2.19. The maximum Gasteiger partial charge on any atom is 0.265 e. The Hall–Kier alpha value is -2.36. The lowest BCUT2D eigenvalue weighted by molar-refractivity contribution is -0.122. The van der Waals surface area contributed by atoms with Crippen LogP contribution in [0.2, 0.25) is 0 Å². The number of anilines is 1. The van der Waals surface area contributed by atoms with E-state index in [0.717, 1.165) is 16.8 Å². The van der Waals surface area contributed by atoms with Crippen LogP contribution in [0.4, 0.5) is 10.1 Å².